The second-order valence-corrected chi connectivity index (χ2v) is 5.94. The molecule has 1 aromatic heterocycles. The smallest absolute Gasteiger partial charge is 0.263 e. The van der Waals surface area contributed by atoms with Gasteiger partial charge in [0.05, 0.1) is 14.2 Å². The number of rotatable bonds is 5. The van der Waals surface area contributed by atoms with Crippen LogP contribution in [-0.2, 0) is 0 Å². The number of hydrogen-bond acceptors (Lipinski definition) is 3. The van der Waals surface area contributed by atoms with Crippen LogP contribution in [-0.4, -0.2) is 28.9 Å². The normalized spacial score (nSPS) is 12.2. The van der Waals surface area contributed by atoms with Crippen LogP contribution in [0.25, 0.3) is 0 Å². The monoisotopic (exact) mass is 290 g/mol. The number of nitrogens with two attached hydrogens (primary N) is 1. The third-order valence-electron chi connectivity index (χ3n) is 2.43. The Morgan fingerprint density at radius 2 is 2.29 bits per heavy atom. The molecule has 0 spiro atoms. The van der Waals surface area contributed by atoms with Crippen LogP contribution in [0.3, 0.4) is 0 Å². The fraction of sp³-hybridized carbons (Fsp3) is 0.455. The van der Waals surface area contributed by atoms with Gasteiger partial charge in [-0.25, -0.2) is 0 Å². The maximum absolute atomic E-state index is 12.1. The van der Waals surface area contributed by atoms with Crippen molar-refractivity contribution < 1.29 is 4.79 Å². The second kappa shape index (κ2) is 6.33. The molecule has 0 aliphatic carbocycles. The van der Waals surface area contributed by atoms with Crippen LogP contribution >= 0.6 is 35.2 Å². The SMILES string of the molecule is CCN(CC(C)C(N)=S)C(=O)c1ccc(Cl)s1. The summed E-state index contributed by atoms with van der Waals surface area (Å²) in [4.78, 5) is 14.9. The maximum Gasteiger partial charge on any atom is 0.263 e. The van der Waals surface area contributed by atoms with E-state index < -0.39 is 0 Å². The van der Waals surface area contributed by atoms with Gasteiger partial charge in [-0.05, 0) is 19.1 Å². The van der Waals surface area contributed by atoms with Gasteiger partial charge >= 0.3 is 0 Å². The Bertz CT molecular complexity index is 419. The van der Waals surface area contributed by atoms with Crippen LogP contribution < -0.4 is 5.73 Å². The first kappa shape index (κ1) is 14.4. The molecule has 0 bridgehead atoms. The van der Waals surface area contributed by atoms with Crippen molar-refractivity contribution in [3.63, 3.8) is 0 Å². The number of carbonyl (C=O) groups excluding carboxylic acids is 1. The van der Waals surface area contributed by atoms with E-state index in [1.54, 1.807) is 17.0 Å². The molecule has 1 aromatic rings. The number of amides is 1. The van der Waals surface area contributed by atoms with E-state index in [1.807, 2.05) is 13.8 Å². The summed E-state index contributed by atoms with van der Waals surface area (Å²) in [5, 5.41) is 0. The van der Waals surface area contributed by atoms with Gasteiger partial charge in [-0.1, -0.05) is 30.7 Å². The van der Waals surface area contributed by atoms with Gasteiger partial charge in [-0.15, -0.1) is 11.3 Å². The first-order valence-corrected chi connectivity index (χ1v) is 6.89. The summed E-state index contributed by atoms with van der Waals surface area (Å²) in [7, 11) is 0. The van der Waals surface area contributed by atoms with Crippen molar-refractivity contribution in [3.8, 4) is 0 Å². The van der Waals surface area contributed by atoms with E-state index in [9.17, 15) is 4.79 Å². The third kappa shape index (κ3) is 3.94. The molecule has 0 aliphatic heterocycles. The van der Waals surface area contributed by atoms with Gasteiger partial charge in [0.25, 0.3) is 5.91 Å². The zero-order valence-electron chi connectivity index (χ0n) is 9.77. The average molecular weight is 291 g/mol. The van der Waals surface area contributed by atoms with E-state index in [0.29, 0.717) is 27.3 Å². The van der Waals surface area contributed by atoms with Crippen LogP contribution in [0, 0.1) is 5.92 Å². The Morgan fingerprint density at radius 3 is 2.71 bits per heavy atom. The molecule has 0 radical (unpaired) electrons. The quantitative estimate of drug-likeness (QED) is 0.848. The largest absolute Gasteiger partial charge is 0.393 e. The predicted octanol–water partition coefficient (Wildman–Crippen LogP) is 2.79. The van der Waals surface area contributed by atoms with Crippen molar-refractivity contribution in [3.05, 3.63) is 21.3 Å². The number of nitrogens with zero attached hydrogens (tertiary/aromatic N) is 1. The molecule has 1 heterocycles. The average Bonchev–Trinajstić information content (AvgIpc) is 2.71. The molecular formula is C11H15ClN2OS2. The van der Waals surface area contributed by atoms with Gasteiger partial charge in [-0.3, -0.25) is 4.79 Å². The summed E-state index contributed by atoms with van der Waals surface area (Å²) in [6, 6.07) is 3.47. The summed E-state index contributed by atoms with van der Waals surface area (Å²) in [6.07, 6.45) is 0. The fourth-order valence-corrected chi connectivity index (χ4v) is 2.45. The molecule has 6 heteroatoms. The van der Waals surface area contributed by atoms with Crippen molar-refractivity contribution >= 4 is 46.1 Å². The van der Waals surface area contributed by atoms with E-state index in [4.69, 9.17) is 29.6 Å². The molecule has 17 heavy (non-hydrogen) atoms. The molecule has 2 N–H and O–H groups in total. The lowest BCUT2D eigenvalue weighted by molar-refractivity contribution is 0.0760. The van der Waals surface area contributed by atoms with Crippen LogP contribution in [0.1, 0.15) is 23.5 Å². The zero-order chi connectivity index (χ0) is 13.0. The Kier molecular flexibility index (Phi) is 5.36. The molecule has 1 atom stereocenters. The second-order valence-electron chi connectivity index (χ2n) is 3.75. The fourth-order valence-electron chi connectivity index (χ4n) is 1.36. The number of halogens is 1. The number of thiophene rings is 1. The van der Waals surface area contributed by atoms with Crippen LogP contribution in [0.2, 0.25) is 4.34 Å². The maximum atomic E-state index is 12.1. The van der Waals surface area contributed by atoms with Crippen LogP contribution in [0.4, 0.5) is 0 Å². The highest BCUT2D eigenvalue weighted by molar-refractivity contribution is 7.80. The molecule has 0 saturated heterocycles. The molecular weight excluding hydrogens is 276 g/mol. The van der Waals surface area contributed by atoms with Gasteiger partial charge in [0, 0.05) is 19.0 Å². The standard InChI is InChI=1S/C11H15ClN2OS2/c1-3-14(6-7(2)10(13)16)11(15)8-4-5-9(12)17-8/h4-5,7H,3,6H2,1-2H3,(H2,13,16). The van der Waals surface area contributed by atoms with Crippen molar-refractivity contribution in [2.75, 3.05) is 13.1 Å². The number of hydrogen-bond donors (Lipinski definition) is 1. The van der Waals surface area contributed by atoms with E-state index in [0.717, 1.165) is 0 Å². The highest BCUT2D eigenvalue weighted by Crippen LogP contribution is 2.23. The first-order chi connectivity index (χ1) is 7.95. The lowest BCUT2D eigenvalue weighted by Gasteiger charge is -2.23. The Morgan fingerprint density at radius 1 is 1.65 bits per heavy atom. The van der Waals surface area contributed by atoms with Crippen molar-refractivity contribution in [2.45, 2.75) is 13.8 Å². The Balaban J connectivity index is 2.74. The third-order valence-corrected chi connectivity index (χ3v) is 4.05. The van der Waals surface area contributed by atoms with Crippen molar-refractivity contribution in [1.29, 1.82) is 0 Å². The summed E-state index contributed by atoms with van der Waals surface area (Å²) < 4.78 is 0.617. The van der Waals surface area contributed by atoms with Crippen LogP contribution in [0.5, 0.6) is 0 Å². The van der Waals surface area contributed by atoms with Gasteiger partial charge in [0.1, 0.15) is 0 Å². The lowest BCUT2D eigenvalue weighted by Crippen LogP contribution is -2.37. The summed E-state index contributed by atoms with van der Waals surface area (Å²) in [5.41, 5.74) is 5.56. The van der Waals surface area contributed by atoms with E-state index in [-0.39, 0.29) is 11.8 Å². The molecule has 1 rings (SSSR count). The summed E-state index contributed by atoms with van der Waals surface area (Å²) >= 11 is 12.0. The molecule has 94 valence electrons. The topological polar surface area (TPSA) is 46.3 Å². The van der Waals surface area contributed by atoms with Crippen molar-refractivity contribution in [1.82, 2.24) is 4.90 Å². The van der Waals surface area contributed by atoms with Gasteiger partial charge in [0.2, 0.25) is 0 Å². The van der Waals surface area contributed by atoms with E-state index in [1.165, 1.54) is 11.3 Å². The minimum Gasteiger partial charge on any atom is -0.393 e. The molecule has 0 fully saturated rings. The van der Waals surface area contributed by atoms with E-state index >= 15 is 0 Å². The Labute approximate surface area is 116 Å². The molecule has 0 saturated carbocycles. The molecule has 1 amide bonds. The molecule has 1 unspecified atom stereocenters. The number of carbonyl (C=O) groups is 1. The minimum absolute atomic E-state index is 0.0179. The zero-order valence-corrected chi connectivity index (χ0v) is 12.2. The number of thiocarbonyl (C=S) groups is 1. The summed E-state index contributed by atoms with van der Waals surface area (Å²) in [5.74, 6) is -0.00293. The van der Waals surface area contributed by atoms with Gasteiger partial charge in [0.15, 0.2) is 0 Å². The Hall–Kier alpha value is -0.650. The highest BCUT2D eigenvalue weighted by Gasteiger charge is 2.19. The highest BCUT2D eigenvalue weighted by atomic mass is 35.5. The minimum atomic E-state index is -0.0208. The predicted molar refractivity (Wildman–Crippen MR) is 76.9 cm³/mol. The summed E-state index contributed by atoms with van der Waals surface area (Å²) in [6.45, 7) is 5.01. The molecule has 0 aliphatic rings. The van der Waals surface area contributed by atoms with Gasteiger partial charge < -0.3 is 10.6 Å². The van der Waals surface area contributed by atoms with E-state index in [2.05, 4.69) is 0 Å². The van der Waals surface area contributed by atoms with Crippen LogP contribution in [0.15, 0.2) is 12.1 Å². The van der Waals surface area contributed by atoms with Gasteiger partial charge in [-0.2, -0.15) is 0 Å². The molecule has 3 nitrogen and oxygen atoms in total. The first-order valence-electron chi connectivity index (χ1n) is 5.29. The molecule has 0 aromatic carbocycles. The lowest BCUT2D eigenvalue weighted by atomic mass is 10.1. The van der Waals surface area contributed by atoms with Crippen molar-refractivity contribution in [2.24, 2.45) is 11.7 Å².